The van der Waals surface area contributed by atoms with E-state index >= 15 is 0 Å². The second-order valence-corrected chi connectivity index (χ2v) is 7.00. The number of nitrogens with one attached hydrogen (secondary N) is 3. The first-order chi connectivity index (χ1) is 16.1. The van der Waals surface area contributed by atoms with E-state index < -0.39 is 38.0 Å². The van der Waals surface area contributed by atoms with Crippen LogP contribution >= 0.6 is 0 Å². The van der Waals surface area contributed by atoms with Crippen molar-refractivity contribution in [3.8, 4) is 0 Å². The number of nitro groups is 3. The summed E-state index contributed by atoms with van der Waals surface area (Å²) in [7, 11) is 0. The van der Waals surface area contributed by atoms with E-state index in [4.69, 9.17) is 0 Å². The second kappa shape index (κ2) is 8.27. The van der Waals surface area contributed by atoms with E-state index in [1.54, 1.807) is 0 Å². The van der Waals surface area contributed by atoms with Crippen LogP contribution in [-0.4, -0.2) is 26.6 Å². The van der Waals surface area contributed by atoms with Crippen molar-refractivity contribution in [1.29, 1.82) is 0 Å². The first-order valence-electron chi connectivity index (χ1n) is 9.39. The Labute approximate surface area is 188 Å². The van der Waals surface area contributed by atoms with Crippen LogP contribution in [0.5, 0.6) is 0 Å². The van der Waals surface area contributed by atoms with Gasteiger partial charge in [0.25, 0.3) is 28.9 Å². The Morgan fingerprint density at radius 2 is 1.26 bits per heavy atom. The van der Waals surface area contributed by atoms with Gasteiger partial charge in [-0.15, -0.1) is 0 Å². The summed E-state index contributed by atoms with van der Waals surface area (Å²) in [6, 6.07) is 11.0. The van der Waals surface area contributed by atoms with Crippen LogP contribution < -0.4 is 16.0 Å². The highest BCUT2D eigenvalue weighted by molar-refractivity contribution is 6.24. The third kappa shape index (κ3) is 4.05. The van der Waals surface area contributed by atoms with E-state index in [2.05, 4.69) is 16.0 Å². The fourth-order valence-electron chi connectivity index (χ4n) is 3.34. The molecule has 170 valence electrons. The molecule has 0 bridgehead atoms. The lowest BCUT2D eigenvalue weighted by molar-refractivity contribution is -0.393. The summed E-state index contributed by atoms with van der Waals surface area (Å²) in [5, 5.41) is 41.1. The van der Waals surface area contributed by atoms with Gasteiger partial charge in [0.2, 0.25) is 0 Å². The minimum Gasteiger partial charge on any atom is -0.355 e. The summed E-state index contributed by atoms with van der Waals surface area (Å²) in [6.45, 7) is 0. The molecule has 34 heavy (non-hydrogen) atoms. The molecule has 4 rings (SSSR count). The zero-order valence-corrected chi connectivity index (χ0v) is 16.8. The number of benzene rings is 3. The maximum atomic E-state index is 12.3. The molecular weight excluding hydrogens is 452 g/mol. The number of amides is 2. The molecule has 0 fully saturated rings. The standard InChI is InChI=1S/C20H12N6O8/c27-19-14-7-11(22-15-6-5-13(25(31)32)9-17(15)26(33)34)8-16(18(14)20(28)23-19)21-10-1-3-12(4-2-10)24(29)30/h1-9,21-22H,(H,23,27,28). The molecule has 3 aromatic rings. The summed E-state index contributed by atoms with van der Waals surface area (Å²) in [5.74, 6) is -1.36. The molecule has 0 aromatic heterocycles. The number of carbonyl (C=O) groups excluding carboxylic acids is 2. The molecule has 0 radical (unpaired) electrons. The van der Waals surface area contributed by atoms with Crippen LogP contribution in [0.3, 0.4) is 0 Å². The van der Waals surface area contributed by atoms with Gasteiger partial charge >= 0.3 is 0 Å². The van der Waals surface area contributed by atoms with Gasteiger partial charge in [0.15, 0.2) is 0 Å². The van der Waals surface area contributed by atoms with Crippen molar-refractivity contribution in [2.75, 3.05) is 10.6 Å². The molecule has 1 aliphatic heterocycles. The number of non-ortho nitro benzene ring substituents is 2. The van der Waals surface area contributed by atoms with Crippen LogP contribution in [0.2, 0.25) is 0 Å². The van der Waals surface area contributed by atoms with Crippen molar-refractivity contribution in [3.05, 3.63) is 96.1 Å². The highest BCUT2D eigenvalue weighted by Gasteiger charge is 2.31. The molecule has 14 heteroatoms. The molecule has 14 nitrogen and oxygen atoms in total. The quantitative estimate of drug-likeness (QED) is 0.262. The Balaban J connectivity index is 1.75. The van der Waals surface area contributed by atoms with Gasteiger partial charge in [0, 0.05) is 29.6 Å². The lowest BCUT2D eigenvalue weighted by Crippen LogP contribution is -2.20. The van der Waals surface area contributed by atoms with Crippen LogP contribution in [0.4, 0.5) is 39.8 Å². The number of hydrogen-bond donors (Lipinski definition) is 3. The molecule has 1 aliphatic rings. The average molecular weight is 464 g/mol. The van der Waals surface area contributed by atoms with E-state index in [1.807, 2.05) is 0 Å². The molecule has 0 atom stereocenters. The Morgan fingerprint density at radius 3 is 1.88 bits per heavy atom. The largest absolute Gasteiger partial charge is 0.355 e. The zero-order chi connectivity index (χ0) is 24.6. The summed E-state index contributed by atoms with van der Waals surface area (Å²) in [5.41, 5.74) is -0.566. The van der Waals surface area contributed by atoms with Crippen molar-refractivity contribution in [2.24, 2.45) is 0 Å². The van der Waals surface area contributed by atoms with Gasteiger partial charge in [0.1, 0.15) is 5.69 Å². The molecule has 1 heterocycles. The highest BCUT2D eigenvalue weighted by atomic mass is 16.6. The van der Waals surface area contributed by atoms with Gasteiger partial charge < -0.3 is 10.6 Å². The first-order valence-corrected chi connectivity index (χ1v) is 9.39. The number of imide groups is 1. The third-order valence-corrected chi connectivity index (χ3v) is 4.86. The van der Waals surface area contributed by atoms with E-state index in [0.29, 0.717) is 5.69 Å². The lowest BCUT2D eigenvalue weighted by atomic mass is 10.0. The number of anilines is 4. The summed E-state index contributed by atoms with van der Waals surface area (Å²) >= 11 is 0. The summed E-state index contributed by atoms with van der Waals surface area (Å²) < 4.78 is 0. The minimum absolute atomic E-state index is 0.0102. The predicted molar refractivity (Wildman–Crippen MR) is 118 cm³/mol. The smallest absolute Gasteiger partial charge is 0.299 e. The number of nitro benzene ring substituents is 3. The maximum Gasteiger partial charge on any atom is 0.299 e. The Bertz CT molecular complexity index is 1400. The summed E-state index contributed by atoms with van der Waals surface area (Å²) in [4.78, 5) is 55.7. The maximum absolute atomic E-state index is 12.3. The number of hydrogen-bond acceptors (Lipinski definition) is 10. The van der Waals surface area contributed by atoms with Crippen LogP contribution in [0.1, 0.15) is 20.7 Å². The van der Waals surface area contributed by atoms with Crippen molar-refractivity contribution < 1.29 is 24.4 Å². The monoisotopic (exact) mass is 464 g/mol. The Kier molecular flexibility index (Phi) is 5.31. The first kappa shape index (κ1) is 21.8. The van der Waals surface area contributed by atoms with E-state index in [-0.39, 0.29) is 33.9 Å². The van der Waals surface area contributed by atoms with Gasteiger partial charge in [-0.3, -0.25) is 45.2 Å². The van der Waals surface area contributed by atoms with Gasteiger partial charge in [0.05, 0.1) is 37.7 Å². The Hall–Kier alpha value is -5.40. The molecule has 0 spiro atoms. The SMILES string of the molecule is O=C1NC(=O)c2c(Nc3ccc([N+](=O)[O-])cc3)cc(Nc3ccc([N+](=O)[O-])cc3[N+](=O)[O-])cc21. The van der Waals surface area contributed by atoms with Crippen molar-refractivity contribution in [2.45, 2.75) is 0 Å². The number of rotatable bonds is 7. The predicted octanol–water partition coefficient (Wildman–Crippen LogP) is 3.78. The van der Waals surface area contributed by atoms with E-state index in [9.17, 15) is 39.9 Å². The lowest BCUT2D eigenvalue weighted by Gasteiger charge is -2.14. The Morgan fingerprint density at radius 1 is 0.647 bits per heavy atom. The normalized spacial score (nSPS) is 12.0. The van der Waals surface area contributed by atoms with Crippen LogP contribution in [0, 0.1) is 30.3 Å². The number of carbonyl (C=O) groups is 2. The fraction of sp³-hybridized carbons (Fsp3) is 0. The van der Waals surface area contributed by atoms with Crippen molar-refractivity contribution in [1.82, 2.24) is 5.32 Å². The van der Waals surface area contributed by atoms with Crippen molar-refractivity contribution >= 4 is 51.6 Å². The molecular formula is C20H12N6O8. The van der Waals surface area contributed by atoms with Crippen LogP contribution in [-0.2, 0) is 0 Å². The molecule has 3 N–H and O–H groups in total. The van der Waals surface area contributed by atoms with E-state index in [0.717, 1.165) is 18.2 Å². The van der Waals surface area contributed by atoms with Gasteiger partial charge in [-0.2, -0.15) is 0 Å². The molecule has 0 saturated heterocycles. The number of fused-ring (bicyclic) bond motifs is 1. The van der Waals surface area contributed by atoms with E-state index in [1.165, 1.54) is 36.4 Å². The topological polar surface area (TPSA) is 200 Å². The van der Waals surface area contributed by atoms with Gasteiger partial charge in [-0.25, -0.2) is 0 Å². The second-order valence-electron chi connectivity index (χ2n) is 7.00. The fourth-order valence-corrected chi connectivity index (χ4v) is 3.34. The van der Waals surface area contributed by atoms with Crippen molar-refractivity contribution in [3.63, 3.8) is 0 Å². The van der Waals surface area contributed by atoms with Crippen LogP contribution in [0.15, 0.2) is 54.6 Å². The van der Waals surface area contributed by atoms with Gasteiger partial charge in [-0.05, 0) is 30.3 Å². The third-order valence-electron chi connectivity index (χ3n) is 4.86. The molecule has 2 amide bonds. The highest BCUT2D eigenvalue weighted by Crippen LogP contribution is 2.36. The molecule has 3 aromatic carbocycles. The molecule has 0 unspecified atom stereocenters. The number of nitrogens with zero attached hydrogens (tertiary/aromatic N) is 3. The van der Waals surface area contributed by atoms with Gasteiger partial charge in [-0.1, -0.05) is 0 Å². The zero-order valence-electron chi connectivity index (χ0n) is 16.8. The summed E-state index contributed by atoms with van der Waals surface area (Å²) in [6.07, 6.45) is 0. The molecule has 0 aliphatic carbocycles. The minimum atomic E-state index is -0.797. The molecule has 0 saturated carbocycles. The average Bonchev–Trinajstić information content (AvgIpc) is 3.07. The van der Waals surface area contributed by atoms with Crippen LogP contribution in [0.25, 0.3) is 0 Å².